The van der Waals surface area contributed by atoms with Gasteiger partial charge in [0, 0.05) is 19.3 Å². The van der Waals surface area contributed by atoms with Crippen LogP contribution in [0.3, 0.4) is 0 Å². The molecule has 0 unspecified atom stereocenters. The van der Waals surface area contributed by atoms with Gasteiger partial charge in [-0.25, -0.2) is 0 Å². The van der Waals surface area contributed by atoms with Crippen molar-refractivity contribution in [2.45, 2.75) is 0 Å². The molecule has 8 heteroatoms. The highest BCUT2D eigenvalue weighted by Crippen LogP contribution is 2.31. The Hall–Kier alpha value is -3.16. The molecule has 2 rings (SSSR count). The Morgan fingerprint density at radius 1 is 1.32 bits per heavy atom. The lowest BCUT2D eigenvalue weighted by molar-refractivity contribution is -0.384. The first-order valence-electron chi connectivity index (χ1n) is 6.30. The van der Waals surface area contributed by atoms with Crippen LogP contribution in [0.15, 0.2) is 41.7 Å². The van der Waals surface area contributed by atoms with Crippen molar-refractivity contribution in [3.05, 3.63) is 52.3 Å². The molecule has 1 aromatic heterocycles. The Balaban J connectivity index is 2.25. The number of ether oxygens (including phenoxy) is 1. The molecule has 0 amide bonds. The summed E-state index contributed by atoms with van der Waals surface area (Å²) in [5.74, 6) is 0.839. The number of benzene rings is 1. The van der Waals surface area contributed by atoms with E-state index in [0.29, 0.717) is 22.9 Å². The summed E-state index contributed by atoms with van der Waals surface area (Å²) in [4.78, 5) is 19.2. The molecule has 2 aromatic rings. The minimum absolute atomic E-state index is 0.0600. The highest BCUT2D eigenvalue weighted by Gasteiger charge is 2.14. The number of aromatic nitrogens is 1. The van der Waals surface area contributed by atoms with Gasteiger partial charge in [0.2, 0.25) is 0 Å². The molecule has 0 saturated heterocycles. The zero-order valence-corrected chi connectivity index (χ0v) is 12.0. The third-order valence-electron chi connectivity index (χ3n) is 2.71. The number of nitrogens with zero attached hydrogens (tertiary/aromatic N) is 3. The Bertz CT molecular complexity index is 703. The Labute approximate surface area is 126 Å². The number of nitrogens with one attached hydrogen (secondary N) is 1. The van der Waals surface area contributed by atoms with E-state index < -0.39 is 4.92 Å². The van der Waals surface area contributed by atoms with Crippen molar-refractivity contribution in [3.63, 3.8) is 0 Å². The molecule has 114 valence electrons. The average molecular weight is 302 g/mol. The maximum Gasteiger partial charge on any atom is 0.296 e. The Morgan fingerprint density at radius 2 is 2.09 bits per heavy atom. The van der Waals surface area contributed by atoms with Gasteiger partial charge in [0.25, 0.3) is 5.69 Å². The van der Waals surface area contributed by atoms with Crippen LogP contribution < -0.4 is 10.1 Å². The van der Waals surface area contributed by atoms with Crippen LogP contribution in [-0.4, -0.2) is 30.3 Å². The lowest BCUT2D eigenvalue weighted by Gasteiger charge is -2.08. The summed E-state index contributed by atoms with van der Waals surface area (Å²) in [5.41, 5.74) is 0.899. The summed E-state index contributed by atoms with van der Waals surface area (Å²) >= 11 is 0. The molecule has 1 aromatic carbocycles. The second kappa shape index (κ2) is 7.02. The van der Waals surface area contributed by atoms with Crippen LogP contribution in [0.4, 0.5) is 11.4 Å². The molecular formula is C14H14N4O4. The van der Waals surface area contributed by atoms with Crippen LogP contribution in [-0.2, 0) is 4.84 Å². The van der Waals surface area contributed by atoms with Crippen molar-refractivity contribution in [2.75, 3.05) is 19.5 Å². The number of nitro groups is 1. The summed E-state index contributed by atoms with van der Waals surface area (Å²) in [5, 5.41) is 17.4. The van der Waals surface area contributed by atoms with E-state index >= 15 is 0 Å². The van der Waals surface area contributed by atoms with E-state index in [9.17, 15) is 10.1 Å². The summed E-state index contributed by atoms with van der Waals surface area (Å²) in [7, 11) is 3.05. The summed E-state index contributed by atoms with van der Waals surface area (Å²) in [6.07, 6.45) is 2.97. The molecule has 8 nitrogen and oxygen atoms in total. The standard InChI is InChI=1S/C14H14N4O4/c1-15-13-4-3-11(8-14(13)18(19)20)22-12-5-6-16-10(7-12)9-17-21-2/h3-9,15H,1-2H3/b17-9-. The van der Waals surface area contributed by atoms with Gasteiger partial charge in [0.15, 0.2) is 0 Å². The van der Waals surface area contributed by atoms with Crippen LogP contribution in [0.1, 0.15) is 5.69 Å². The molecule has 0 aliphatic heterocycles. The van der Waals surface area contributed by atoms with Crippen molar-refractivity contribution < 1.29 is 14.5 Å². The van der Waals surface area contributed by atoms with Gasteiger partial charge >= 0.3 is 0 Å². The van der Waals surface area contributed by atoms with Crippen LogP contribution >= 0.6 is 0 Å². The molecule has 0 radical (unpaired) electrons. The van der Waals surface area contributed by atoms with E-state index in [1.54, 1.807) is 37.5 Å². The maximum absolute atomic E-state index is 11.0. The number of hydrogen-bond donors (Lipinski definition) is 1. The zero-order chi connectivity index (χ0) is 15.9. The van der Waals surface area contributed by atoms with Crippen molar-refractivity contribution >= 4 is 17.6 Å². The normalized spacial score (nSPS) is 10.5. The fourth-order valence-corrected chi connectivity index (χ4v) is 1.74. The molecule has 0 spiro atoms. The minimum Gasteiger partial charge on any atom is -0.457 e. The third-order valence-corrected chi connectivity index (χ3v) is 2.71. The van der Waals surface area contributed by atoms with Crippen molar-refractivity contribution in [3.8, 4) is 11.5 Å². The Morgan fingerprint density at radius 3 is 2.77 bits per heavy atom. The van der Waals surface area contributed by atoms with E-state index in [4.69, 9.17) is 4.74 Å². The number of oxime groups is 1. The first-order chi connectivity index (χ1) is 10.6. The molecule has 1 heterocycles. The fraction of sp³-hybridized carbons (Fsp3) is 0.143. The van der Waals surface area contributed by atoms with Gasteiger partial charge in [-0.05, 0) is 18.2 Å². The summed E-state index contributed by atoms with van der Waals surface area (Å²) < 4.78 is 5.61. The van der Waals surface area contributed by atoms with Gasteiger partial charge in [0.1, 0.15) is 24.3 Å². The van der Waals surface area contributed by atoms with E-state index in [-0.39, 0.29) is 5.69 Å². The van der Waals surface area contributed by atoms with Crippen LogP contribution in [0.2, 0.25) is 0 Å². The van der Waals surface area contributed by atoms with E-state index in [1.165, 1.54) is 19.4 Å². The second-order valence-corrected chi connectivity index (χ2v) is 4.12. The minimum atomic E-state index is -0.470. The van der Waals surface area contributed by atoms with Crippen molar-refractivity contribution in [1.82, 2.24) is 4.98 Å². The molecule has 1 N–H and O–H groups in total. The number of nitro benzene ring substituents is 1. The van der Waals surface area contributed by atoms with Gasteiger partial charge < -0.3 is 14.9 Å². The highest BCUT2D eigenvalue weighted by molar-refractivity contribution is 5.77. The highest BCUT2D eigenvalue weighted by atomic mass is 16.6. The zero-order valence-electron chi connectivity index (χ0n) is 12.0. The molecule has 0 aliphatic rings. The maximum atomic E-state index is 11.0. The van der Waals surface area contributed by atoms with Crippen molar-refractivity contribution in [2.24, 2.45) is 5.16 Å². The fourth-order valence-electron chi connectivity index (χ4n) is 1.74. The third kappa shape index (κ3) is 3.69. The first kappa shape index (κ1) is 15.2. The molecule has 0 aliphatic carbocycles. The lowest BCUT2D eigenvalue weighted by Crippen LogP contribution is -1.97. The molecule has 0 bridgehead atoms. The SMILES string of the molecule is CNc1ccc(Oc2ccnc(/C=N\OC)c2)cc1[N+](=O)[O-]. The van der Waals surface area contributed by atoms with Gasteiger partial charge in [0.05, 0.1) is 22.9 Å². The predicted molar refractivity (Wildman–Crippen MR) is 81.6 cm³/mol. The first-order valence-corrected chi connectivity index (χ1v) is 6.30. The largest absolute Gasteiger partial charge is 0.457 e. The summed E-state index contributed by atoms with van der Waals surface area (Å²) in [6.45, 7) is 0. The van der Waals surface area contributed by atoms with Crippen molar-refractivity contribution in [1.29, 1.82) is 0 Å². The molecular weight excluding hydrogens is 288 g/mol. The lowest BCUT2D eigenvalue weighted by atomic mass is 10.2. The van der Waals surface area contributed by atoms with Gasteiger partial charge in [-0.3, -0.25) is 15.1 Å². The predicted octanol–water partition coefficient (Wildman–Crippen LogP) is 2.80. The number of anilines is 1. The average Bonchev–Trinajstić information content (AvgIpc) is 2.53. The van der Waals surface area contributed by atoms with Gasteiger partial charge in [-0.15, -0.1) is 0 Å². The summed E-state index contributed by atoms with van der Waals surface area (Å²) in [6, 6.07) is 7.86. The van der Waals surface area contributed by atoms with Gasteiger partial charge in [-0.1, -0.05) is 5.16 Å². The molecule has 22 heavy (non-hydrogen) atoms. The number of rotatable bonds is 6. The van der Waals surface area contributed by atoms with Crippen LogP contribution in [0.25, 0.3) is 0 Å². The monoisotopic (exact) mass is 302 g/mol. The number of hydrogen-bond acceptors (Lipinski definition) is 7. The molecule has 0 saturated carbocycles. The van der Waals surface area contributed by atoms with Crippen LogP contribution in [0.5, 0.6) is 11.5 Å². The number of pyridine rings is 1. The van der Waals surface area contributed by atoms with Gasteiger partial charge in [-0.2, -0.15) is 0 Å². The smallest absolute Gasteiger partial charge is 0.296 e. The van der Waals surface area contributed by atoms with E-state index in [2.05, 4.69) is 20.3 Å². The molecule has 0 atom stereocenters. The quantitative estimate of drug-likeness (QED) is 0.500. The second-order valence-electron chi connectivity index (χ2n) is 4.12. The van der Waals surface area contributed by atoms with E-state index in [0.717, 1.165) is 0 Å². The molecule has 0 fully saturated rings. The van der Waals surface area contributed by atoms with Crippen LogP contribution in [0, 0.1) is 10.1 Å². The topological polar surface area (TPSA) is 98.9 Å². The van der Waals surface area contributed by atoms with E-state index in [1.807, 2.05) is 0 Å². The Kier molecular flexibility index (Phi) is 4.86.